The van der Waals surface area contributed by atoms with Gasteiger partial charge in [0.15, 0.2) is 0 Å². The van der Waals surface area contributed by atoms with Crippen LogP contribution in [0.3, 0.4) is 0 Å². The molecule has 0 saturated carbocycles. The maximum atomic E-state index is 12.9. The number of halogens is 1. The molecule has 0 bridgehead atoms. The summed E-state index contributed by atoms with van der Waals surface area (Å²) in [5.74, 6) is 0.120. The molecule has 0 saturated heterocycles. The van der Waals surface area contributed by atoms with Crippen LogP contribution in [0, 0.1) is 6.92 Å². The molecule has 1 amide bonds. The molecule has 0 unspecified atom stereocenters. The van der Waals surface area contributed by atoms with Gasteiger partial charge in [0.1, 0.15) is 5.75 Å². The summed E-state index contributed by atoms with van der Waals surface area (Å²) >= 11 is 6.05. The Labute approximate surface area is 204 Å². The highest BCUT2D eigenvalue weighted by Crippen LogP contribution is 2.22. The Hall–Kier alpha value is -3.20. The van der Waals surface area contributed by atoms with Gasteiger partial charge in [-0.3, -0.25) is 4.79 Å². The van der Waals surface area contributed by atoms with Gasteiger partial charge in [-0.1, -0.05) is 59.6 Å². The molecule has 3 aromatic carbocycles. The Balaban J connectivity index is 1.74. The third-order valence-electron chi connectivity index (χ3n) is 4.88. The molecule has 0 radical (unpaired) electrons. The number of carbonyl (C=O) groups is 1. The lowest BCUT2D eigenvalue weighted by Gasteiger charge is -2.18. The van der Waals surface area contributed by atoms with Gasteiger partial charge in [-0.15, -0.1) is 0 Å². The molecule has 0 aliphatic heterocycles. The van der Waals surface area contributed by atoms with Crippen LogP contribution in [-0.2, 0) is 14.8 Å². The maximum absolute atomic E-state index is 12.9. The molecule has 9 heteroatoms. The fourth-order valence-electron chi connectivity index (χ4n) is 3.20. The predicted molar refractivity (Wildman–Crippen MR) is 134 cm³/mol. The number of hydrazone groups is 1. The number of nitrogens with zero attached hydrogens (tertiary/aromatic N) is 1. The average Bonchev–Trinajstić information content (AvgIpc) is 2.81. The summed E-state index contributed by atoms with van der Waals surface area (Å²) in [6, 6.07) is 19.7. The van der Waals surface area contributed by atoms with Crippen LogP contribution in [0.2, 0.25) is 5.02 Å². The molecule has 0 heterocycles. The fourth-order valence-corrected chi connectivity index (χ4v) is 4.60. The highest BCUT2D eigenvalue weighted by molar-refractivity contribution is 7.89. The fraction of sp³-hybridized carbons (Fsp3) is 0.200. The van der Waals surface area contributed by atoms with Gasteiger partial charge >= 0.3 is 0 Å². The summed E-state index contributed by atoms with van der Waals surface area (Å²) in [7, 11) is -3.85. The van der Waals surface area contributed by atoms with Crippen molar-refractivity contribution in [2.45, 2.75) is 31.2 Å². The highest BCUT2D eigenvalue weighted by atomic mass is 35.5. The van der Waals surface area contributed by atoms with Crippen molar-refractivity contribution in [1.82, 2.24) is 10.1 Å². The summed E-state index contributed by atoms with van der Waals surface area (Å²) in [5, 5.41) is 4.50. The van der Waals surface area contributed by atoms with Gasteiger partial charge in [0, 0.05) is 17.0 Å². The first-order valence-electron chi connectivity index (χ1n) is 10.7. The van der Waals surface area contributed by atoms with E-state index in [0.717, 1.165) is 5.56 Å². The van der Waals surface area contributed by atoms with Crippen molar-refractivity contribution in [3.05, 3.63) is 94.5 Å². The highest BCUT2D eigenvalue weighted by Gasteiger charge is 2.23. The maximum Gasteiger partial charge on any atom is 0.242 e. The van der Waals surface area contributed by atoms with Crippen LogP contribution < -0.4 is 14.9 Å². The van der Waals surface area contributed by atoms with Gasteiger partial charge in [-0.05, 0) is 49.7 Å². The van der Waals surface area contributed by atoms with Crippen LogP contribution >= 0.6 is 11.6 Å². The van der Waals surface area contributed by atoms with Gasteiger partial charge < -0.3 is 4.74 Å². The van der Waals surface area contributed by atoms with Crippen LogP contribution in [0.15, 0.2) is 82.8 Å². The number of aryl methyl sites for hydroxylation is 1. The quantitative estimate of drug-likeness (QED) is 0.314. The number of ether oxygens (including phenoxy) is 1. The number of hydrogen-bond donors (Lipinski definition) is 2. The normalized spacial score (nSPS) is 12.4. The molecule has 0 aliphatic rings. The third kappa shape index (κ3) is 7.15. The van der Waals surface area contributed by atoms with Crippen molar-refractivity contribution >= 4 is 33.7 Å². The number of carbonyl (C=O) groups excluding carboxylic acids is 1. The summed E-state index contributed by atoms with van der Waals surface area (Å²) < 4.78 is 34.1. The zero-order chi connectivity index (χ0) is 24.6. The van der Waals surface area contributed by atoms with Crippen LogP contribution in [0.25, 0.3) is 0 Å². The van der Waals surface area contributed by atoms with Crippen molar-refractivity contribution < 1.29 is 17.9 Å². The van der Waals surface area contributed by atoms with Crippen LogP contribution in [0.5, 0.6) is 5.75 Å². The first kappa shape index (κ1) is 25.4. The van der Waals surface area contributed by atoms with E-state index in [9.17, 15) is 13.2 Å². The average molecular weight is 500 g/mol. The predicted octanol–water partition coefficient (Wildman–Crippen LogP) is 4.61. The lowest BCUT2D eigenvalue weighted by molar-refractivity contribution is -0.121. The summed E-state index contributed by atoms with van der Waals surface area (Å²) in [6.45, 7) is 4.20. The van der Waals surface area contributed by atoms with E-state index in [1.807, 2.05) is 19.9 Å². The molecule has 178 valence electrons. The molecule has 0 aromatic heterocycles. The van der Waals surface area contributed by atoms with E-state index in [0.29, 0.717) is 28.5 Å². The Kier molecular flexibility index (Phi) is 8.81. The number of hydrogen-bond acceptors (Lipinski definition) is 5. The van der Waals surface area contributed by atoms with E-state index >= 15 is 0 Å². The van der Waals surface area contributed by atoms with Gasteiger partial charge in [0.25, 0.3) is 0 Å². The Bertz CT molecular complexity index is 1250. The van der Waals surface area contributed by atoms with Crippen molar-refractivity contribution in [3.8, 4) is 5.75 Å². The van der Waals surface area contributed by atoms with Crippen LogP contribution in [-0.4, -0.2) is 27.1 Å². The lowest BCUT2D eigenvalue weighted by atomic mass is 10.0. The molecule has 0 fully saturated rings. The minimum atomic E-state index is -3.85. The Morgan fingerprint density at radius 3 is 2.47 bits per heavy atom. The van der Waals surface area contributed by atoms with Gasteiger partial charge in [0.05, 0.1) is 23.8 Å². The number of benzene rings is 3. The smallest absolute Gasteiger partial charge is 0.242 e. The summed E-state index contributed by atoms with van der Waals surface area (Å²) in [6.07, 6.45) is 1.28. The van der Waals surface area contributed by atoms with E-state index < -0.39 is 22.0 Å². The largest absolute Gasteiger partial charge is 0.493 e. The van der Waals surface area contributed by atoms with E-state index in [4.69, 9.17) is 16.3 Å². The second-order valence-electron chi connectivity index (χ2n) is 7.51. The van der Waals surface area contributed by atoms with Crippen LogP contribution in [0.1, 0.15) is 36.1 Å². The van der Waals surface area contributed by atoms with Crippen molar-refractivity contribution in [1.29, 1.82) is 0 Å². The zero-order valence-electron chi connectivity index (χ0n) is 18.9. The molecular formula is C25H26ClN3O4S. The van der Waals surface area contributed by atoms with Crippen molar-refractivity contribution in [2.75, 3.05) is 6.61 Å². The minimum Gasteiger partial charge on any atom is -0.493 e. The van der Waals surface area contributed by atoms with E-state index in [1.54, 1.807) is 54.6 Å². The molecular weight excluding hydrogens is 474 g/mol. The van der Waals surface area contributed by atoms with Gasteiger partial charge in [0.2, 0.25) is 15.9 Å². The molecule has 1 atom stereocenters. The topological polar surface area (TPSA) is 96.9 Å². The number of nitrogens with one attached hydrogen (secondary N) is 2. The third-order valence-corrected chi connectivity index (χ3v) is 6.61. The Morgan fingerprint density at radius 2 is 1.79 bits per heavy atom. The second kappa shape index (κ2) is 11.8. The molecule has 3 rings (SSSR count). The number of amides is 1. The summed E-state index contributed by atoms with van der Waals surface area (Å²) in [4.78, 5) is 12.8. The number of sulfonamides is 1. The van der Waals surface area contributed by atoms with Gasteiger partial charge in [-0.2, -0.15) is 5.10 Å². The van der Waals surface area contributed by atoms with Crippen molar-refractivity contribution in [3.63, 3.8) is 0 Å². The molecule has 0 aliphatic carbocycles. The zero-order valence-corrected chi connectivity index (χ0v) is 20.4. The lowest BCUT2D eigenvalue weighted by Crippen LogP contribution is -2.32. The second-order valence-corrected chi connectivity index (χ2v) is 9.66. The van der Waals surface area contributed by atoms with Crippen LogP contribution in [0.4, 0.5) is 0 Å². The van der Waals surface area contributed by atoms with E-state index in [-0.39, 0.29) is 11.3 Å². The molecule has 2 N–H and O–H groups in total. The monoisotopic (exact) mass is 499 g/mol. The minimum absolute atomic E-state index is 0.127. The molecule has 7 nitrogen and oxygen atoms in total. The Morgan fingerprint density at radius 1 is 1.09 bits per heavy atom. The van der Waals surface area contributed by atoms with Crippen molar-refractivity contribution in [2.24, 2.45) is 5.10 Å². The molecule has 0 spiro atoms. The van der Waals surface area contributed by atoms with E-state index in [2.05, 4.69) is 15.2 Å². The molecule has 34 heavy (non-hydrogen) atoms. The SMILES string of the molecule is CCOc1ccc(Cl)cc1/C=N\NC(=O)C[C@@H](NS(=O)(=O)c1ccc(C)cc1)c1ccccc1. The number of rotatable bonds is 10. The van der Waals surface area contributed by atoms with Gasteiger partial charge in [-0.25, -0.2) is 18.6 Å². The van der Waals surface area contributed by atoms with E-state index in [1.165, 1.54) is 18.3 Å². The first-order valence-corrected chi connectivity index (χ1v) is 12.5. The summed E-state index contributed by atoms with van der Waals surface area (Å²) in [5.41, 5.74) is 4.66. The first-order chi connectivity index (χ1) is 16.3. The molecule has 3 aromatic rings. The standard InChI is InChI=1S/C25H26ClN3O4S/c1-3-33-24-14-11-21(26)15-20(24)17-27-28-25(30)16-23(19-7-5-4-6-8-19)29-34(31,32)22-12-9-18(2)10-13-22/h4-15,17,23,29H,3,16H2,1-2H3,(H,28,30)/b27-17-/t23-/m1/s1.